The number of rotatable bonds is 4. The third-order valence-corrected chi connectivity index (χ3v) is 3.47. The highest BCUT2D eigenvalue weighted by Gasteiger charge is 2.34. The van der Waals surface area contributed by atoms with Gasteiger partial charge in [-0.1, -0.05) is 15.9 Å². The predicted octanol–water partition coefficient (Wildman–Crippen LogP) is 3.93. The van der Waals surface area contributed by atoms with Gasteiger partial charge >= 0.3 is 12.2 Å². The first-order valence-corrected chi connectivity index (χ1v) is 7.06. The summed E-state index contributed by atoms with van der Waals surface area (Å²) in [5.74, 6) is 0.203. The van der Waals surface area contributed by atoms with Gasteiger partial charge in [0.25, 0.3) is 0 Å². The van der Waals surface area contributed by atoms with Crippen LogP contribution in [-0.2, 0) is 6.18 Å². The molecule has 122 valence electrons. The zero-order chi connectivity index (χ0) is 17.2. The lowest BCUT2D eigenvalue weighted by Crippen LogP contribution is -2.16. The number of benzene rings is 1. The number of halogens is 4. The van der Waals surface area contributed by atoms with E-state index >= 15 is 0 Å². The van der Waals surface area contributed by atoms with Crippen molar-refractivity contribution in [3.8, 4) is 11.8 Å². The van der Waals surface area contributed by atoms with Gasteiger partial charge in [0.05, 0.1) is 0 Å². The molecule has 0 aliphatic rings. The van der Waals surface area contributed by atoms with E-state index in [0.29, 0.717) is 16.3 Å². The summed E-state index contributed by atoms with van der Waals surface area (Å²) in [4.78, 5) is 19.6. The van der Waals surface area contributed by atoms with E-state index in [1.54, 1.807) is 20.2 Å². The molecule has 9 heteroatoms. The molecule has 1 aromatic heterocycles. The largest absolute Gasteiger partial charge is 0.433 e. The Kier molecular flexibility index (Phi) is 4.88. The van der Waals surface area contributed by atoms with Crippen molar-refractivity contribution < 1.29 is 22.7 Å². The molecular formula is C14H11BrF3N3O2. The molecule has 1 heterocycles. The molecule has 0 aliphatic carbocycles. The van der Waals surface area contributed by atoms with Crippen molar-refractivity contribution in [2.45, 2.75) is 6.18 Å². The zero-order valence-corrected chi connectivity index (χ0v) is 13.6. The standard InChI is InChI=1S/C14H11BrF3N3O2/c1-21(2)12-6-11(14(16,17)18)19-13(20-12)23-9-3-4-10(15)8(5-9)7-22/h3-7H,1-2H3. The van der Waals surface area contributed by atoms with Crippen LogP contribution in [0.4, 0.5) is 19.0 Å². The first-order valence-electron chi connectivity index (χ1n) is 6.27. The van der Waals surface area contributed by atoms with E-state index in [1.807, 2.05) is 0 Å². The molecule has 5 nitrogen and oxygen atoms in total. The molecule has 1 aromatic carbocycles. The molecule has 0 atom stereocenters. The van der Waals surface area contributed by atoms with E-state index in [-0.39, 0.29) is 11.6 Å². The fourth-order valence-corrected chi connectivity index (χ4v) is 1.95. The fraction of sp³-hybridized carbons (Fsp3) is 0.214. The van der Waals surface area contributed by atoms with Crippen LogP contribution in [0, 0.1) is 0 Å². The fourth-order valence-electron chi connectivity index (χ4n) is 1.61. The summed E-state index contributed by atoms with van der Waals surface area (Å²) in [5.41, 5.74) is -0.818. The molecule has 0 bridgehead atoms. The average molecular weight is 390 g/mol. The maximum absolute atomic E-state index is 12.9. The quantitative estimate of drug-likeness (QED) is 0.741. The van der Waals surface area contributed by atoms with Crippen LogP contribution in [0.1, 0.15) is 16.1 Å². The van der Waals surface area contributed by atoms with Gasteiger partial charge in [-0.3, -0.25) is 4.79 Å². The highest BCUT2D eigenvalue weighted by Crippen LogP contribution is 2.32. The second kappa shape index (κ2) is 6.53. The van der Waals surface area contributed by atoms with E-state index in [9.17, 15) is 18.0 Å². The van der Waals surface area contributed by atoms with Gasteiger partial charge in [-0.15, -0.1) is 0 Å². The molecule has 2 aromatic rings. The number of anilines is 1. The summed E-state index contributed by atoms with van der Waals surface area (Å²) in [7, 11) is 3.10. The third kappa shape index (κ3) is 4.19. The van der Waals surface area contributed by atoms with Gasteiger partial charge in [0.1, 0.15) is 11.6 Å². The van der Waals surface area contributed by atoms with Crippen molar-refractivity contribution in [2.75, 3.05) is 19.0 Å². The minimum atomic E-state index is -4.63. The van der Waals surface area contributed by atoms with Gasteiger partial charge in [-0.2, -0.15) is 23.1 Å². The van der Waals surface area contributed by atoms with Crippen molar-refractivity contribution in [1.82, 2.24) is 9.97 Å². The Bertz CT molecular complexity index is 736. The normalized spacial score (nSPS) is 11.2. The lowest BCUT2D eigenvalue weighted by molar-refractivity contribution is -0.141. The molecule has 0 saturated carbocycles. The second-order valence-corrected chi connectivity index (χ2v) is 5.54. The van der Waals surface area contributed by atoms with Gasteiger partial charge in [-0.25, -0.2) is 0 Å². The maximum atomic E-state index is 12.9. The number of hydrogen-bond acceptors (Lipinski definition) is 5. The number of carbonyl (C=O) groups excluding carboxylic acids is 1. The minimum absolute atomic E-state index is 0.0510. The van der Waals surface area contributed by atoms with Crippen LogP contribution in [0.3, 0.4) is 0 Å². The average Bonchev–Trinajstić information content (AvgIpc) is 2.48. The van der Waals surface area contributed by atoms with Gasteiger partial charge in [0.2, 0.25) is 0 Å². The number of alkyl halides is 3. The van der Waals surface area contributed by atoms with Gasteiger partial charge in [0.15, 0.2) is 12.0 Å². The SMILES string of the molecule is CN(C)c1cc(C(F)(F)F)nc(Oc2ccc(Br)c(C=O)c2)n1. The van der Waals surface area contributed by atoms with Crippen molar-refractivity contribution >= 4 is 28.0 Å². The zero-order valence-electron chi connectivity index (χ0n) is 12.1. The van der Waals surface area contributed by atoms with Crippen molar-refractivity contribution in [1.29, 1.82) is 0 Å². The molecule has 0 saturated heterocycles. The topological polar surface area (TPSA) is 55.3 Å². The Morgan fingerprint density at radius 2 is 1.91 bits per heavy atom. The predicted molar refractivity (Wildman–Crippen MR) is 81.0 cm³/mol. The Morgan fingerprint density at radius 3 is 2.48 bits per heavy atom. The molecule has 0 N–H and O–H groups in total. The Labute approximate surface area is 138 Å². The lowest BCUT2D eigenvalue weighted by Gasteiger charge is -2.15. The molecule has 23 heavy (non-hydrogen) atoms. The van der Waals surface area contributed by atoms with Gasteiger partial charge < -0.3 is 9.64 Å². The summed E-state index contributed by atoms with van der Waals surface area (Å²) >= 11 is 3.17. The van der Waals surface area contributed by atoms with Crippen molar-refractivity contribution in [2.24, 2.45) is 0 Å². The van der Waals surface area contributed by atoms with E-state index in [4.69, 9.17) is 4.74 Å². The number of carbonyl (C=O) groups is 1. The van der Waals surface area contributed by atoms with Crippen molar-refractivity contribution in [3.05, 3.63) is 40.0 Å². The molecule has 0 amide bonds. The van der Waals surface area contributed by atoms with E-state index < -0.39 is 17.9 Å². The number of hydrogen-bond donors (Lipinski definition) is 0. The summed E-state index contributed by atoms with van der Waals surface area (Å²) in [5, 5.41) is 0. The molecule has 0 aliphatic heterocycles. The Morgan fingerprint density at radius 1 is 1.22 bits per heavy atom. The Hall–Kier alpha value is -2.16. The number of aromatic nitrogens is 2. The minimum Gasteiger partial charge on any atom is -0.424 e. The van der Waals surface area contributed by atoms with Crippen LogP contribution >= 0.6 is 15.9 Å². The van der Waals surface area contributed by atoms with Crippen LogP contribution in [-0.4, -0.2) is 30.3 Å². The van der Waals surface area contributed by atoms with Crippen LogP contribution in [0.25, 0.3) is 0 Å². The van der Waals surface area contributed by atoms with Gasteiger partial charge in [-0.05, 0) is 18.2 Å². The van der Waals surface area contributed by atoms with E-state index in [0.717, 1.165) is 6.07 Å². The van der Waals surface area contributed by atoms with E-state index in [1.165, 1.54) is 17.0 Å². The van der Waals surface area contributed by atoms with Crippen LogP contribution in [0.5, 0.6) is 11.8 Å². The molecule has 0 fully saturated rings. The van der Waals surface area contributed by atoms with Gasteiger partial charge in [0, 0.05) is 30.2 Å². The molecule has 0 spiro atoms. The Balaban J connectivity index is 2.43. The lowest BCUT2D eigenvalue weighted by atomic mass is 10.2. The molecular weight excluding hydrogens is 379 g/mol. The third-order valence-electron chi connectivity index (χ3n) is 2.74. The molecule has 0 radical (unpaired) electrons. The smallest absolute Gasteiger partial charge is 0.424 e. The van der Waals surface area contributed by atoms with Crippen LogP contribution < -0.4 is 9.64 Å². The summed E-state index contributed by atoms with van der Waals surface area (Å²) in [6.45, 7) is 0. The number of aldehydes is 1. The summed E-state index contributed by atoms with van der Waals surface area (Å²) < 4.78 is 44.5. The maximum Gasteiger partial charge on any atom is 0.433 e. The first-order chi connectivity index (χ1) is 10.7. The first kappa shape index (κ1) is 17.2. The molecule has 0 unspecified atom stereocenters. The summed E-state index contributed by atoms with van der Waals surface area (Å²) in [6, 6.07) is 4.76. The highest BCUT2D eigenvalue weighted by atomic mass is 79.9. The number of nitrogens with zero attached hydrogens (tertiary/aromatic N) is 3. The number of ether oxygens (including phenoxy) is 1. The van der Waals surface area contributed by atoms with Crippen LogP contribution in [0.15, 0.2) is 28.7 Å². The van der Waals surface area contributed by atoms with E-state index in [2.05, 4.69) is 25.9 Å². The highest BCUT2D eigenvalue weighted by molar-refractivity contribution is 9.10. The second-order valence-electron chi connectivity index (χ2n) is 4.69. The van der Waals surface area contributed by atoms with Crippen molar-refractivity contribution in [3.63, 3.8) is 0 Å². The monoisotopic (exact) mass is 389 g/mol. The molecule has 2 rings (SSSR count). The van der Waals surface area contributed by atoms with Crippen LogP contribution in [0.2, 0.25) is 0 Å². The summed E-state index contributed by atoms with van der Waals surface area (Å²) in [6.07, 6.45) is -4.03.